The van der Waals surface area contributed by atoms with Crippen molar-refractivity contribution in [2.45, 2.75) is 0 Å². The van der Waals surface area contributed by atoms with Gasteiger partial charge in [-0.05, 0) is 57.3 Å². The molecule has 0 spiro atoms. The van der Waals surface area contributed by atoms with Crippen LogP contribution in [-0.2, 0) is 0 Å². The number of anilines is 2. The Hall–Kier alpha value is -4.40. The van der Waals surface area contributed by atoms with Crippen molar-refractivity contribution in [1.29, 1.82) is 0 Å². The van der Waals surface area contributed by atoms with Crippen molar-refractivity contribution in [1.82, 2.24) is 0 Å². The highest BCUT2D eigenvalue weighted by atomic mass is 32.1. The monoisotopic (exact) mass is 477 g/mol. The maximum Gasteiger partial charge on any atom is 0.0590 e. The van der Waals surface area contributed by atoms with Gasteiger partial charge in [-0.1, -0.05) is 109 Å². The molecule has 36 heavy (non-hydrogen) atoms. The normalized spacial score (nSPS) is 11.3. The molecule has 170 valence electrons. The Morgan fingerprint density at radius 1 is 0.472 bits per heavy atom. The molecule has 2 heteroatoms. The molecule has 0 fully saturated rings. The molecular weight excluding hydrogens is 454 g/mol. The molecule has 7 rings (SSSR count). The highest BCUT2D eigenvalue weighted by molar-refractivity contribution is 7.26. The van der Waals surface area contributed by atoms with Crippen molar-refractivity contribution >= 4 is 53.7 Å². The van der Waals surface area contributed by atoms with E-state index in [1.165, 1.54) is 53.2 Å². The van der Waals surface area contributed by atoms with E-state index in [2.05, 4.69) is 139 Å². The lowest BCUT2D eigenvalue weighted by atomic mass is 10.00. The van der Waals surface area contributed by atoms with Gasteiger partial charge in [-0.15, -0.1) is 11.3 Å². The SMILES string of the molecule is c1ccc(-c2ccc(-c3cccc(Nc4cccc5c4sc4ccc6ccccc6c45)c3)cc2)cc1. The van der Waals surface area contributed by atoms with E-state index in [1.54, 1.807) is 0 Å². The van der Waals surface area contributed by atoms with Gasteiger partial charge in [0.2, 0.25) is 0 Å². The zero-order valence-electron chi connectivity index (χ0n) is 19.6. The van der Waals surface area contributed by atoms with Gasteiger partial charge in [0.1, 0.15) is 0 Å². The number of fused-ring (bicyclic) bond motifs is 5. The van der Waals surface area contributed by atoms with E-state index in [1.807, 2.05) is 11.3 Å². The fraction of sp³-hybridized carbons (Fsp3) is 0. The second-order valence-corrected chi connectivity index (χ2v) is 10.1. The van der Waals surface area contributed by atoms with Crippen LogP contribution in [0.3, 0.4) is 0 Å². The molecule has 1 nitrogen and oxygen atoms in total. The number of nitrogens with one attached hydrogen (secondary N) is 1. The van der Waals surface area contributed by atoms with Crippen LogP contribution in [0.25, 0.3) is 53.2 Å². The smallest absolute Gasteiger partial charge is 0.0590 e. The zero-order chi connectivity index (χ0) is 23.9. The first-order valence-corrected chi connectivity index (χ1v) is 13.0. The quantitative estimate of drug-likeness (QED) is 0.266. The van der Waals surface area contributed by atoms with E-state index >= 15 is 0 Å². The molecule has 0 amide bonds. The maximum absolute atomic E-state index is 3.71. The van der Waals surface area contributed by atoms with Crippen LogP contribution in [0.1, 0.15) is 0 Å². The van der Waals surface area contributed by atoms with Gasteiger partial charge in [0.05, 0.1) is 10.4 Å². The summed E-state index contributed by atoms with van der Waals surface area (Å²) >= 11 is 1.86. The summed E-state index contributed by atoms with van der Waals surface area (Å²) in [7, 11) is 0. The Kier molecular flexibility index (Phi) is 5.04. The molecule has 0 aliphatic carbocycles. The second kappa shape index (κ2) is 8.67. The molecule has 0 aliphatic rings. The summed E-state index contributed by atoms with van der Waals surface area (Å²) in [5.74, 6) is 0. The van der Waals surface area contributed by atoms with Gasteiger partial charge in [0.25, 0.3) is 0 Å². The molecule has 0 saturated heterocycles. The highest BCUT2D eigenvalue weighted by Gasteiger charge is 2.12. The third-order valence-electron chi connectivity index (χ3n) is 6.85. The minimum atomic E-state index is 1.09. The summed E-state index contributed by atoms with van der Waals surface area (Å²) in [6, 6.07) is 47.7. The number of hydrogen-bond acceptors (Lipinski definition) is 2. The molecule has 0 radical (unpaired) electrons. The molecule has 0 saturated carbocycles. The number of hydrogen-bond donors (Lipinski definition) is 1. The molecule has 0 bridgehead atoms. The first-order chi connectivity index (χ1) is 17.8. The fourth-order valence-corrected chi connectivity index (χ4v) is 6.27. The largest absolute Gasteiger partial charge is 0.354 e. The first kappa shape index (κ1) is 20.9. The number of benzene rings is 6. The van der Waals surface area contributed by atoms with Crippen molar-refractivity contribution in [3.05, 3.63) is 133 Å². The first-order valence-electron chi connectivity index (χ1n) is 12.2. The number of thiophene rings is 1. The van der Waals surface area contributed by atoms with Gasteiger partial charge in [-0.2, -0.15) is 0 Å². The molecule has 7 aromatic rings. The van der Waals surface area contributed by atoms with Gasteiger partial charge in [0, 0.05) is 21.2 Å². The average molecular weight is 478 g/mol. The van der Waals surface area contributed by atoms with E-state index < -0.39 is 0 Å². The van der Waals surface area contributed by atoms with E-state index in [0.29, 0.717) is 0 Å². The lowest BCUT2D eigenvalue weighted by molar-refractivity contribution is 1.56. The molecule has 1 aromatic heterocycles. The molecule has 1 N–H and O–H groups in total. The zero-order valence-corrected chi connectivity index (χ0v) is 20.4. The van der Waals surface area contributed by atoms with E-state index in [0.717, 1.165) is 11.4 Å². The Morgan fingerprint density at radius 2 is 1.14 bits per heavy atom. The van der Waals surface area contributed by atoms with Crippen molar-refractivity contribution in [3.8, 4) is 22.3 Å². The van der Waals surface area contributed by atoms with E-state index in [9.17, 15) is 0 Å². The van der Waals surface area contributed by atoms with Crippen molar-refractivity contribution in [3.63, 3.8) is 0 Å². The highest BCUT2D eigenvalue weighted by Crippen LogP contribution is 2.42. The molecular formula is C34H23NS. The summed E-state index contributed by atoms with van der Waals surface area (Å²) in [6.45, 7) is 0. The Labute approximate surface area is 214 Å². The minimum Gasteiger partial charge on any atom is -0.354 e. The molecule has 0 unspecified atom stereocenters. The lowest BCUT2D eigenvalue weighted by Gasteiger charge is -2.10. The van der Waals surface area contributed by atoms with Gasteiger partial charge >= 0.3 is 0 Å². The summed E-state index contributed by atoms with van der Waals surface area (Å²) in [5.41, 5.74) is 7.13. The summed E-state index contributed by atoms with van der Waals surface area (Å²) < 4.78 is 2.62. The maximum atomic E-state index is 3.71. The van der Waals surface area contributed by atoms with Crippen LogP contribution in [0.2, 0.25) is 0 Å². The van der Waals surface area contributed by atoms with Crippen LogP contribution in [-0.4, -0.2) is 0 Å². The van der Waals surface area contributed by atoms with Crippen molar-refractivity contribution in [2.24, 2.45) is 0 Å². The molecule has 0 aliphatic heterocycles. The predicted octanol–water partition coefficient (Wildman–Crippen LogP) is 10.3. The van der Waals surface area contributed by atoms with Gasteiger partial charge < -0.3 is 5.32 Å². The summed E-state index contributed by atoms with van der Waals surface area (Å²) in [5, 5.41) is 8.98. The fourth-order valence-electron chi connectivity index (χ4n) is 5.08. The molecule has 1 heterocycles. The van der Waals surface area contributed by atoms with Crippen LogP contribution in [0.15, 0.2) is 133 Å². The molecule has 6 aromatic carbocycles. The average Bonchev–Trinajstić information content (AvgIpc) is 3.34. The number of rotatable bonds is 4. The summed E-state index contributed by atoms with van der Waals surface area (Å²) in [4.78, 5) is 0. The third-order valence-corrected chi connectivity index (χ3v) is 8.06. The van der Waals surface area contributed by atoms with Gasteiger partial charge in [-0.3, -0.25) is 0 Å². The topological polar surface area (TPSA) is 12.0 Å². The Bertz CT molecular complexity index is 1850. The van der Waals surface area contributed by atoms with Crippen molar-refractivity contribution < 1.29 is 0 Å². The second-order valence-electron chi connectivity index (χ2n) is 9.09. The van der Waals surface area contributed by atoms with Crippen LogP contribution < -0.4 is 5.32 Å². The van der Waals surface area contributed by atoms with Crippen LogP contribution in [0.4, 0.5) is 11.4 Å². The minimum absolute atomic E-state index is 1.09. The van der Waals surface area contributed by atoms with Crippen LogP contribution in [0.5, 0.6) is 0 Å². The van der Waals surface area contributed by atoms with Gasteiger partial charge in [-0.25, -0.2) is 0 Å². The molecule has 0 atom stereocenters. The van der Waals surface area contributed by atoms with E-state index in [4.69, 9.17) is 0 Å². The standard InChI is InChI=1S/C34H23NS/c1-2-8-23(9-3-1)24-16-18-25(19-17-24)27-11-6-12-28(22-27)35-31-15-7-14-30-33-29-13-5-4-10-26(29)20-21-32(33)36-34(30)31/h1-22,35H. The van der Waals surface area contributed by atoms with E-state index in [-0.39, 0.29) is 0 Å². The van der Waals surface area contributed by atoms with Crippen LogP contribution >= 0.6 is 11.3 Å². The third kappa shape index (κ3) is 3.64. The Morgan fingerprint density at radius 3 is 2.00 bits per heavy atom. The summed E-state index contributed by atoms with van der Waals surface area (Å²) in [6.07, 6.45) is 0. The van der Waals surface area contributed by atoms with Gasteiger partial charge in [0.15, 0.2) is 0 Å². The Balaban J connectivity index is 1.25. The van der Waals surface area contributed by atoms with Crippen molar-refractivity contribution in [2.75, 3.05) is 5.32 Å². The lowest BCUT2D eigenvalue weighted by Crippen LogP contribution is -1.91. The predicted molar refractivity (Wildman–Crippen MR) is 157 cm³/mol. The van der Waals surface area contributed by atoms with Crippen LogP contribution in [0, 0.1) is 0 Å².